The summed E-state index contributed by atoms with van der Waals surface area (Å²) in [5, 5.41) is 12.2. The number of nitrogens with zero attached hydrogens (tertiary/aromatic N) is 2. The van der Waals surface area contributed by atoms with Crippen LogP contribution in [0.15, 0.2) is 28.9 Å². The normalized spacial score (nSPS) is 16.9. The fourth-order valence-corrected chi connectivity index (χ4v) is 4.04. The molecule has 10 heteroatoms. The van der Waals surface area contributed by atoms with Crippen molar-refractivity contribution in [2.75, 3.05) is 18.9 Å². The van der Waals surface area contributed by atoms with Gasteiger partial charge in [-0.05, 0) is 24.6 Å². The molecule has 0 bridgehead atoms. The van der Waals surface area contributed by atoms with Gasteiger partial charge in [0.1, 0.15) is 5.75 Å². The summed E-state index contributed by atoms with van der Waals surface area (Å²) in [6.07, 6.45) is 0.871. The monoisotopic (exact) mass is 440 g/mol. The van der Waals surface area contributed by atoms with Crippen LogP contribution < -0.4 is 4.74 Å². The summed E-state index contributed by atoms with van der Waals surface area (Å²) in [5.41, 5.74) is -0.489. The second kappa shape index (κ2) is 8.23. The van der Waals surface area contributed by atoms with Crippen LogP contribution >= 0.6 is 51.1 Å². The number of carbonyl (C=O) groups excluding carboxylic acids is 1. The molecular weight excluding hydrogens is 431 g/mol. The molecule has 1 aromatic rings. The number of Topliss-reactive ketones (excluding diaryl/α,β-unsaturated/α-hetero) is 1. The first-order valence-corrected chi connectivity index (χ1v) is 8.91. The molecule has 23 heavy (non-hydrogen) atoms. The van der Waals surface area contributed by atoms with E-state index in [2.05, 4.69) is 16.1 Å². The number of rotatable bonds is 5. The fourth-order valence-electron chi connectivity index (χ4n) is 1.83. The number of carbonyl (C=O) groups is 1. The Morgan fingerprint density at radius 2 is 2.22 bits per heavy atom. The van der Waals surface area contributed by atoms with Gasteiger partial charge in [0.05, 0.1) is 26.1 Å². The molecule has 1 heterocycles. The van der Waals surface area contributed by atoms with Gasteiger partial charge in [-0.2, -0.15) is 0 Å². The minimum Gasteiger partial charge on any atom is -0.484 e. The van der Waals surface area contributed by atoms with E-state index in [-0.39, 0.29) is 15.8 Å². The van der Waals surface area contributed by atoms with Crippen molar-refractivity contribution in [1.29, 1.82) is 0 Å². The van der Waals surface area contributed by atoms with Gasteiger partial charge in [-0.15, -0.1) is 11.8 Å². The highest BCUT2D eigenvalue weighted by molar-refractivity contribution is 9.07. The van der Waals surface area contributed by atoms with Crippen LogP contribution in [0, 0.1) is 10.1 Å². The van der Waals surface area contributed by atoms with Crippen molar-refractivity contribution in [2.45, 2.75) is 6.42 Å². The van der Waals surface area contributed by atoms with Crippen LogP contribution in [0.1, 0.15) is 6.42 Å². The van der Waals surface area contributed by atoms with Gasteiger partial charge in [0.15, 0.2) is 11.6 Å². The molecule has 0 amide bonds. The van der Waals surface area contributed by atoms with E-state index in [0.29, 0.717) is 17.3 Å². The molecule has 6 nitrogen and oxygen atoms in total. The maximum absolute atomic E-state index is 12.2. The van der Waals surface area contributed by atoms with Crippen molar-refractivity contribution < 1.29 is 14.5 Å². The van der Waals surface area contributed by atoms with Gasteiger partial charge in [0.25, 0.3) is 5.78 Å². The van der Waals surface area contributed by atoms with Crippen molar-refractivity contribution in [3.05, 3.63) is 49.1 Å². The zero-order valence-corrected chi connectivity index (χ0v) is 15.5. The number of halogens is 3. The molecular formula is C13H11BrCl2N2O4S. The Hall–Kier alpha value is -0.960. The highest BCUT2D eigenvalue weighted by Crippen LogP contribution is 2.33. The molecule has 1 aromatic carbocycles. The van der Waals surface area contributed by atoms with Gasteiger partial charge < -0.3 is 4.74 Å². The van der Waals surface area contributed by atoms with Gasteiger partial charge in [-0.3, -0.25) is 18.8 Å². The zero-order valence-electron chi connectivity index (χ0n) is 11.6. The van der Waals surface area contributed by atoms with E-state index in [1.54, 1.807) is 6.07 Å². The molecule has 0 spiro atoms. The van der Waals surface area contributed by atoms with E-state index in [9.17, 15) is 14.9 Å². The van der Waals surface area contributed by atoms with Crippen molar-refractivity contribution in [2.24, 2.45) is 0 Å². The van der Waals surface area contributed by atoms with Crippen LogP contribution in [0.2, 0.25) is 10.0 Å². The van der Waals surface area contributed by atoms with Crippen molar-refractivity contribution >= 4 is 56.9 Å². The summed E-state index contributed by atoms with van der Waals surface area (Å²) in [7, 11) is 0. The number of thioether (sulfide) groups is 1. The second-order valence-corrected chi connectivity index (χ2v) is 7.27. The topological polar surface area (TPSA) is 72.7 Å². The number of ether oxygens (including phenoxy) is 1. The predicted molar refractivity (Wildman–Crippen MR) is 93.7 cm³/mol. The Morgan fingerprint density at radius 1 is 1.48 bits per heavy atom. The van der Waals surface area contributed by atoms with Gasteiger partial charge >= 0.3 is 5.70 Å². The molecule has 1 saturated heterocycles. The molecule has 1 aliphatic rings. The SMILES string of the molecule is O=C(COc1ccc(Cl)cc1Cl)/C(=C1\SCCCN1Br)[N+](=O)[O-]. The van der Waals surface area contributed by atoms with Crippen molar-refractivity contribution in [1.82, 2.24) is 3.93 Å². The highest BCUT2D eigenvalue weighted by atomic mass is 79.9. The van der Waals surface area contributed by atoms with Crippen LogP contribution in [-0.2, 0) is 4.79 Å². The van der Waals surface area contributed by atoms with Gasteiger partial charge in [0.2, 0.25) is 0 Å². The number of benzene rings is 1. The molecule has 0 aliphatic carbocycles. The Kier molecular flexibility index (Phi) is 6.58. The summed E-state index contributed by atoms with van der Waals surface area (Å²) < 4.78 is 6.82. The van der Waals surface area contributed by atoms with Gasteiger partial charge in [-0.25, -0.2) is 0 Å². The zero-order chi connectivity index (χ0) is 17.0. The van der Waals surface area contributed by atoms with E-state index in [1.807, 2.05) is 0 Å². The van der Waals surface area contributed by atoms with Gasteiger partial charge in [0, 0.05) is 17.3 Å². The molecule has 0 saturated carbocycles. The summed E-state index contributed by atoms with van der Waals surface area (Å²) in [4.78, 5) is 22.8. The van der Waals surface area contributed by atoms with Crippen molar-refractivity contribution in [3.8, 4) is 5.75 Å². The summed E-state index contributed by atoms with van der Waals surface area (Å²) in [6, 6.07) is 4.52. The minimum absolute atomic E-state index is 0.231. The maximum atomic E-state index is 12.2. The summed E-state index contributed by atoms with van der Waals surface area (Å²) >= 11 is 16.2. The smallest absolute Gasteiger partial charge is 0.346 e. The van der Waals surface area contributed by atoms with E-state index < -0.39 is 23.0 Å². The first-order chi connectivity index (χ1) is 10.9. The van der Waals surface area contributed by atoms with Crippen molar-refractivity contribution in [3.63, 3.8) is 0 Å². The van der Waals surface area contributed by atoms with E-state index in [4.69, 9.17) is 27.9 Å². The molecule has 1 aliphatic heterocycles. The Balaban J connectivity index is 2.16. The molecule has 1 fully saturated rings. The Labute approximate surface area is 155 Å². The van der Waals surface area contributed by atoms with E-state index >= 15 is 0 Å². The van der Waals surface area contributed by atoms with E-state index in [0.717, 1.165) is 6.42 Å². The van der Waals surface area contributed by atoms with Crippen LogP contribution in [-0.4, -0.2) is 33.5 Å². The first-order valence-electron chi connectivity index (χ1n) is 6.46. The number of hydrogen-bond acceptors (Lipinski definition) is 6. The third-order valence-electron chi connectivity index (χ3n) is 2.86. The summed E-state index contributed by atoms with van der Waals surface area (Å²) in [5.74, 6) is 0.227. The van der Waals surface area contributed by atoms with Crippen LogP contribution in [0.5, 0.6) is 5.75 Å². The molecule has 0 N–H and O–H groups in total. The molecule has 124 valence electrons. The lowest BCUT2D eigenvalue weighted by atomic mass is 10.3. The molecule has 0 aromatic heterocycles. The molecule has 0 radical (unpaired) electrons. The lowest BCUT2D eigenvalue weighted by Gasteiger charge is -2.23. The highest BCUT2D eigenvalue weighted by Gasteiger charge is 2.32. The quantitative estimate of drug-likeness (QED) is 0.296. The third kappa shape index (κ3) is 4.76. The summed E-state index contributed by atoms with van der Waals surface area (Å²) in [6.45, 7) is 0.111. The molecule has 0 unspecified atom stereocenters. The third-order valence-corrected chi connectivity index (χ3v) is 5.51. The fraction of sp³-hybridized carbons (Fsp3) is 0.308. The van der Waals surface area contributed by atoms with Gasteiger partial charge in [-0.1, -0.05) is 23.2 Å². The minimum atomic E-state index is -0.727. The average molecular weight is 442 g/mol. The van der Waals surface area contributed by atoms with Crippen LogP contribution in [0.3, 0.4) is 0 Å². The number of hydrogen-bond donors (Lipinski definition) is 0. The first kappa shape index (κ1) is 18.4. The molecule has 0 atom stereocenters. The maximum Gasteiger partial charge on any atom is 0.346 e. The average Bonchev–Trinajstić information content (AvgIpc) is 2.48. The van der Waals surface area contributed by atoms with E-state index in [1.165, 1.54) is 27.8 Å². The molecule has 2 rings (SSSR count). The second-order valence-electron chi connectivity index (χ2n) is 4.49. The Morgan fingerprint density at radius 3 is 2.83 bits per heavy atom. The lowest BCUT2D eigenvalue weighted by molar-refractivity contribution is -0.420. The van der Waals surface area contributed by atoms with Crippen LogP contribution in [0.25, 0.3) is 0 Å². The largest absolute Gasteiger partial charge is 0.484 e. The predicted octanol–water partition coefficient (Wildman–Crippen LogP) is 4.14. The number of ketones is 1. The lowest BCUT2D eigenvalue weighted by Crippen LogP contribution is -2.26. The number of nitro groups is 1. The van der Waals surface area contributed by atoms with Crippen LogP contribution in [0.4, 0.5) is 0 Å². The standard InChI is InChI=1S/C13H11BrCl2N2O4S/c14-17-4-1-5-23-13(17)12(18(20)21)10(19)7-22-11-3-2-8(15)6-9(11)16/h2-3,6H,1,4-5,7H2/b13-12+. The Bertz CT molecular complexity index is 671.